The molecule has 1 aromatic carbocycles. The van der Waals surface area contributed by atoms with Crippen molar-refractivity contribution in [3.63, 3.8) is 0 Å². The number of carbonyl (C=O) groups excluding carboxylic acids is 1. The Balaban J connectivity index is 2.64. The molecule has 0 aliphatic carbocycles. The van der Waals surface area contributed by atoms with E-state index in [1.165, 1.54) is 12.1 Å². The zero-order valence-electron chi connectivity index (χ0n) is 11.9. The number of nitrogens with one attached hydrogen (secondary N) is 1. The fourth-order valence-electron chi connectivity index (χ4n) is 2.16. The maximum atomic E-state index is 13.6. The quantitative estimate of drug-likeness (QED) is 0.838. The monoisotopic (exact) mass is 281 g/mol. The summed E-state index contributed by atoms with van der Waals surface area (Å²) < 4.78 is 13.6. The third-order valence-electron chi connectivity index (χ3n) is 2.90. The zero-order valence-corrected chi connectivity index (χ0v) is 11.9. The molecule has 0 saturated heterocycles. The number of rotatable bonds is 6. The number of halogens is 1. The minimum Gasteiger partial charge on any atom is -0.478 e. The van der Waals surface area contributed by atoms with E-state index in [1.54, 1.807) is 0 Å². The van der Waals surface area contributed by atoms with Gasteiger partial charge in [-0.05, 0) is 36.5 Å². The fourth-order valence-corrected chi connectivity index (χ4v) is 2.16. The predicted octanol–water partition coefficient (Wildman–Crippen LogP) is 3.53. The van der Waals surface area contributed by atoms with Gasteiger partial charge in [0, 0.05) is 6.42 Å². The molecule has 110 valence electrons. The number of carbonyl (C=O) groups is 2. The molecule has 0 bridgehead atoms. The maximum absolute atomic E-state index is 13.6. The van der Waals surface area contributed by atoms with Crippen LogP contribution in [0.25, 0.3) is 0 Å². The van der Waals surface area contributed by atoms with Crippen LogP contribution in [0.15, 0.2) is 18.2 Å². The Kier molecular flexibility index (Phi) is 5.67. The van der Waals surface area contributed by atoms with Gasteiger partial charge in [-0.2, -0.15) is 0 Å². The van der Waals surface area contributed by atoms with Crippen LogP contribution in [0.5, 0.6) is 0 Å². The van der Waals surface area contributed by atoms with E-state index in [-0.39, 0.29) is 23.1 Å². The van der Waals surface area contributed by atoms with Crippen LogP contribution in [0.4, 0.5) is 10.1 Å². The summed E-state index contributed by atoms with van der Waals surface area (Å²) in [5.41, 5.74) is -0.134. The van der Waals surface area contributed by atoms with Crippen LogP contribution in [0.2, 0.25) is 0 Å². The fraction of sp³-hybridized carbons (Fsp3) is 0.467. The van der Waals surface area contributed by atoms with Gasteiger partial charge in [0.2, 0.25) is 5.91 Å². The Bertz CT molecular complexity index is 500. The molecule has 0 fully saturated rings. The lowest BCUT2D eigenvalue weighted by Crippen LogP contribution is -2.17. The van der Waals surface area contributed by atoms with Crippen molar-refractivity contribution in [3.05, 3.63) is 29.6 Å². The van der Waals surface area contributed by atoms with E-state index in [0.717, 1.165) is 12.5 Å². The molecule has 0 radical (unpaired) electrons. The van der Waals surface area contributed by atoms with Gasteiger partial charge in [-0.3, -0.25) is 4.79 Å². The van der Waals surface area contributed by atoms with Crippen LogP contribution < -0.4 is 5.32 Å². The molecule has 0 spiro atoms. The standard InChI is InChI=1S/C15H20FNO3/c1-9(2)6-10(3)7-14(18)17-13-5-4-11(15(19)20)8-12(13)16/h4-5,8-10H,6-7H2,1-3H3,(H,17,18)(H,19,20). The summed E-state index contributed by atoms with van der Waals surface area (Å²) >= 11 is 0. The van der Waals surface area contributed by atoms with E-state index in [0.29, 0.717) is 12.3 Å². The first-order valence-corrected chi connectivity index (χ1v) is 6.62. The lowest BCUT2D eigenvalue weighted by atomic mass is 9.96. The van der Waals surface area contributed by atoms with Gasteiger partial charge in [0.15, 0.2) is 0 Å². The molecular weight excluding hydrogens is 261 g/mol. The first-order chi connectivity index (χ1) is 9.29. The van der Waals surface area contributed by atoms with Gasteiger partial charge >= 0.3 is 5.97 Å². The van der Waals surface area contributed by atoms with E-state index in [2.05, 4.69) is 19.2 Å². The average Bonchev–Trinajstić information content (AvgIpc) is 2.30. The summed E-state index contributed by atoms with van der Waals surface area (Å²) in [6.45, 7) is 6.14. The van der Waals surface area contributed by atoms with Gasteiger partial charge in [0.05, 0.1) is 11.3 Å². The van der Waals surface area contributed by atoms with Gasteiger partial charge in [-0.1, -0.05) is 20.8 Å². The second-order valence-corrected chi connectivity index (χ2v) is 5.49. The first kappa shape index (κ1) is 16.1. The minimum absolute atomic E-state index is 0.0109. The van der Waals surface area contributed by atoms with Gasteiger partial charge in [0.25, 0.3) is 0 Å². The van der Waals surface area contributed by atoms with E-state index < -0.39 is 11.8 Å². The largest absolute Gasteiger partial charge is 0.478 e. The minimum atomic E-state index is -1.20. The summed E-state index contributed by atoms with van der Waals surface area (Å²) in [4.78, 5) is 22.5. The van der Waals surface area contributed by atoms with Crippen molar-refractivity contribution >= 4 is 17.6 Å². The molecule has 0 saturated carbocycles. The predicted molar refractivity (Wildman–Crippen MR) is 75.2 cm³/mol. The molecule has 1 atom stereocenters. The van der Waals surface area contributed by atoms with Crippen LogP contribution in [-0.2, 0) is 4.79 Å². The topological polar surface area (TPSA) is 66.4 Å². The highest BCUT2D eigenvalue weighted by Crippen LogP contribution is 2.19. The Morgan fingerprint density at radius 2 is 1.95 bits per heavy atom. The third kappa shape index (κ3) is 4.99. The van der Waals surface area contributed by atoms with Gasteiger partial charge < -0.3 is 10.4 Å². The molecular formula is C15H20FNO3. The lowest BCUT2D eigenvalue weighted by Gasteiger charge is -2.14. The van der Waals surface area contributed by atoms with Crippen molar-refractivity contribution in [3.8, 4) is 0 Å². The van der Waals surface area contributed by atoms with E-state index in [4.69, 9.17) is 5.11 Å². The normalized spacial score (nSPS) is 12.2. The van der Waals surface area contributed by atoms with Gasteiger partial charge in [0.1, 0.15) is 5.82 Å². The van der Waals surface area contributed by atoms with Crippen molar-refractivity contribution in [1.82, 2.24) is 0 Å². The molecule has 1 rings (SSSR count). The molecule has 0 heterocycles. The van der Waals surface area contributed by atoms with Crippen molar-refractivity contribution in [1.29, 1.82) is 0 Å². The van der Waals surface area contributed by atoms with E-state index in [1.807, 2.05) is 6.92 Å². The molecule has 0 aromatic heterocycles. The van der Waals surface area contributed by atoms with Crippen molar-refractivity contribution < 1.29 is 19.1 Å². The summed E-state index contributed by atoms with van der Waals surface area (Å²) in [6.07, 6.45) is 1.24. The molecule has 0 aliphatic rings. The lowest BCUT2D eigenvalue weighted by molar-refractivity contribution is -0.117. The van der Waals surface area contributed by atoms with Crippen LogP contribution in [0.1, 0.15) is 44.0 Å². The molecule has 1 amide bonds. The average molecular weight is 281 g/mol. The molecule has 1 aromatic rings. The Morgan fingerprint density at radius 1 is 1.30 bits per heavy atom. The first-order valence-electron chi connectivity index (χ1n) is 6.62. The Hall–Kier alpha value is -1.91. The summed E-state index contributed by atoms with van der Waals surface area (Å²) in [6, 6.07) is 3.43. The molecule has 4 nitrogen and oxygen atoms in total. The third-order valence-corrected chi connectivity index (χ3v) is 2.90. The second-order valence-electron chi connectivity index (χ2n) is 5.49. The van der Waals surface area contributed by atoms with Crippen LogP contribution in [-0.4, -0.2) is 17.0 Å². The molecule has 0 aliphatic heterocycles. The summed E-state index contributed by atoms with van der Waals surface area (Å²) in [5.74, 6) is -1.48. The molecule has 5 heteroatoms. The molecule has 1 unspecified atom stereocenters. The number of hydrogen-bond donors (Lipinski definition) is 2. The number of amides is 1. The van der Waals surface area contributed by atoms with E-state index in [9.17, 15) is 14.0 Å². The van der Waals surface area contributed by atoms with Gasteiger partial charge in [-0.25, -0.2) is 9.18 Å². The number of carboxylic acid groups (broad SMARTS) is 1. The zero-order chi connectivity index (χ0) is 15.3. The summed E-state index contributed by atoms with van der Waals surface area (Å²) in [5, 5.41) is 11.2. The van der Waals surface area contributed by atoms with E-state index >= 15 is 0 Å². The second kappa shape index (κ2) is 7.03. The smallest absolute Gasteiger partial charge is 0.335 e. The highest BCUT2D eigenvalue weighted by atomic mass is 19.1. The van der Waals surface area contributed by atoms with Crippen LogP contribution >= 0.6 is 0 Å². The SMILES string of the molecule is CC(C)CC(C)CC(=O)Nc1ccc(C(=O)O)cc1F. The van der Waals surface area contributed by atoms with Gasteiger partial charge in [-0.15, -0.1) is 0 Å². The number of benzene rings is 1. The highest BCUT2D eigenvalue weighted by molar-refractivity contribution is 5.92. The molecule has 20 heavy (non-hydrogen) atoms. The highest BCUT2D eigenvalue weighted by Gasteiger charge is 2.14. The maximum Gasteiger partial charge on any atom is 0.335 e. The number of hydrogen-bond acceptors (Lipinski definition) is 2. The van der Waals surface area contributed by atoms with Crippen molar-refractivity contribution in [2.75, 3.05) is 5.32 Å². The Labute approximate surface area is 118 Å². The van der Waals surface area contributed by atoms with Crippen LogP contribution in [0, 0.1) is 17.7 Å². The van der Waals surface area contributed by atoms with Crippen LogP contribution in [0.3, 0.4) is 0 Å². The van der Waals surface area contributed by atoms with Crippen molar-refractivity contribution in [2.45, 2.75) is 33.6 Å². The number of carboxylic acids is 1. The van der Waals surface area contributed by atoms with Crippen molar-refractivity contribution in [2.24, 2.45) is 11.8 Å². The molecule has 2 N–H and O–H groups in total. The Morgan fingerprint density at radius 3 is 2.45 bits per heavy atom. The number of anilines is 1. The number of aromatic carboxylic acids is 1. The summed E-state index contributed by atoms with van der Waals surface area (Å²) in [7, 11) is 0.